The zero-order chi connectivity index (χ0) is 15.1. The summed E-state index contributed by atoms with van der Waals surface area (Å²) in [6, 6.07) is 1.84. The Morgan fingerprint density at radius 2 is 2.09 bits per heavy atom. The molecule has 3 heterocycles. The number of fused-ring (bicyclic) bond motifs is 1. The van der Waals surface area contributed by atoms with E-state index >= 15 is 0 Å². The number of piperazine rings is 1. The molecule has 0 aromatic carbocycles. The average molecular weight is 300 g/mol. The maximum absolute atomic E-state index is 12.6. The predicted molar refractivity (Wildman–Crippen MR) is 81.6 cm³/mol. The van der Waals surface area contributed by atoms with Crippen LogP contribution in [0, 0.1) is 12.8 Å². The summed E-state index contributed by atoms with van der Waals surface area (Å²) in [5, 5.41) is 4.70. The van der Waals surface area contributed by atoms with Crippen molar-refractivity contribution in [2.45, 2.75) is 19.8 Å². The Hall–Kier alpha value is -1.95. The molecule has 1 aliphatic heterocycles. The van der Waals surface area contributed by atoms with Crippen molar-refractivity contribution < 1.29 is 9.32 Å². The SMILES string of the molecule is Cc1noc2ncc(C(=O)N3CCN(CC4CC4)CC3)cc12. The lowest BCUT2D eigenvalue weighted by molar-refractivity contribution is 0.0632. The average Bonchev–Trinajstić information content (AvgIpc) is 3.29. The maximum Gasteiger partial charge on any atom is 0.257 e. The molecule has 1 saturated heterocycles. The molecule has 1 aliphatic carbocycles. The fraction of sp³-hybridized carbons (Fsp3) is 0.562. The Kier molecular flexibility index (Phi) is 3.33. The summed E-state index contributed by atoms with van der Waals surface area (Å²) < 4.78 is 5.09. The molecule has 1 amide bonds. The Morgan fingerprint density at radius 1 is 1.32 bits per heavy atom. The van der Waals surface area contributed by atoms with Crippen molar-refractivity contribution >= 4 is 17.0 Å². The van der Waals surface area contributed by atoms with Crippen LogP contribution in [-0.2, 0) is 0 Å². The smallest absolute Gasteiger partial charge is 0.257 e. The van der Waals surface area contributed by atoms with Crippen molar-refractivity contribution in [2.24, 2.45) is 5.92 Å². The number of hydrogen-bond acceptors (Lipinski definition) is 5. The first-order valence-electron chi connectivity index (χ1n) is 7.94. The quantitative estimate of drug-likeness (QED) is 0.863. The van der Waals surface area contributed by atoms with Gasteiger partial charge in [-0.25, -0.2) is 4.98 Å². The summed E-state index contributed by atoms with van der Waals surface area (Å²) >= 11 is 0. The summed E-state index contributed by atoms with van der Waals surface area (Å²) in [5.74, 6) is 0.964. The van der Waals surface area contributed by atoms with Crippen molar-refractivity contribution in [3.8, 4) is 0 Å². The number of rotatable bonds is 3. The molecule has 0 radical (unpaired) electrons. The van der Waals surface area contributed by atoms with Crippen LogP contribution >= 0.6 is 0 Å². The van der Waals surface area contributed by atoms with Gasteiger partial charge >= 0.3 is 0 Å². The summed E-state index contributed by atoms with van der Waals surface area (Å²) in [4.78, 5) is 21.2. The van der Waals surface area contributed by atoms with Gasteiger partial charge in [0.25, 0.3) is 11.6 Å². The van der Waals surface area contributed by atoms with Gasteiger partial charge in [0.2, 0.25) is 0 Å². The molecule has 0 atom stereocenters. The topological polar surface area (TPSA) is 62.5 Å². The van der Waals surface area contributed by atoms with Crippen LogP contribution < -0.4 is 0 Å². The van der Waals surface area contributed by atoms with Gasteiger partial charge < -0.3 is 9.42 Å². The fourth-order valence-corrected chi connectivity index (χ4v) is 3.04. The minimum atomic E-state index is 0.0565. The van der Waals surface area contributed by atoms with E-state index in [9.17, 15) is 4.79 Å². The molecule has 0 spiro atoms. The van der Waals surface area contributed by atoms with Crippen LogP contribution in [0.4, 0.5) is 0 Å². The van der Waals surface area contributed by atoms with E-state index in [1.54, 1.807) is 6.20 Å². The van der Waals surface area contributed by atoms with Gasteiger partial charge in [-0.05, 0) is 31.7 Å². The van der Waals surface area contributed by atoms with Crippen LogP contribution in [0.2, 0.25) is 0 Å². The van der Waals surface area contributed by atoms with Gasteiger partial charge in [-0.2, -0.15) is 0 Å². The van der Waals surface area contributed by atoms with Gasteiger partial charge in [-0.3, -0.25) is 9.69 Å². The molecule has 0 N–H and O–H groups in total. The molecule has 4 rings (SSSR count). The summed E-state index contributed by atoms with van der Waals surface area (Å²) in [5.41, 5.74) is 1.88. The lowest BCUT2D eigenvalue weighted by atomic mass is 10.1. The van der Waals surface area contributed by atoms with Gasteiger partial charge in [-0.15, -0.1) is 0 Å². The Morgan fingerprint density at radius 3 is 2.82 bits per heavy atom. The number of pyridine rings is 1. The van der Waals surface area contributed by atoms with Crippen LogP contribution in [0.5, 0.6) is 0 Å². The molecule has 116 valence electrons. The monoisotopic (exact) mass is 300 g/mol. The van der Waals surface area contributed by atoms with Crippen LogP contribution in [-0.4, -0.2) is 58.6 Å². The van der Waals surface area contributed by atoms with Gasteiger partial charge in [0, 0.05) is 38.9 Å². The van der Waals surface area contributed by atoms with E-state index in [4.69, 9.17) is 4.52 Å². The fourth-order valence-electron chi connectivity index (χ4n) is 3.04. The highest BCUT2D eigenvalue weighted by Gasteiger charge is 2.28. The van der Waals surface area contributed by atoms with Crippen molar-refractivity contribution in [2.75, 3.05) is 32.7 Å². The molecule has 22 heavy (non-hydrogen) atoms. The van der Waals surface area contributed by atoms with Gasteiger partial charge in [-0.1, -0.05) is 5.16 Å². The third-order valence-corrected chi connectivity index (χ3v) is 4.63. The summed E-state index contributed by atoms with van der Waals surface area (Å²) in [6.07, 6.45) is 4.34. The Bertz CT molecular complexity index is 699. The highest BCUT2D eigenvalue weighted by Crippen LogP contribution is 2.30. The number of carbonyl (C=O) groups excluding carboxylic acids is 1. The molecule has 2 fully saturated rings. The van der Waals surface area contributed by atoms with Crippen LogP contribution in [0.3, 0.4) is 0 Å². The molecular formula is C16H20N4O2. The first kappa shape index (κ1) is 13.7. The Labute approximate surface area is 129 Å². The van der Waals surface area contributed by atoms with E-state index in [-0.39, 0.29) is 5.91 Å². The highest BCUT2D eigenvalue weighted by atomic mass is 16.5. The van der Waals surface area contributed by atoms with Gasteiger partial charge in [0.15, 0.2) is 0 Å². The second-order valence-electron chi connectivity index (χ2n) is 6.38. The molecule has 2 aromatic heterocycles. The van der Waals surface area contributed by atoms with E-state index in [0.717, 1.165) is 43.2 Å². The third kappa shape index (κ3) is 2.59. The zero-order valence-corrected chi connectivity index (χ0v) is 12.8. The first-order chi connectivity index (χ1) is 10.7. The normalized spacial score (nSPS) is 19.8. The molecule has 0 bridgehead atoms. The van der Waals surface area contributed by atoms with Crippen LogP contribution in [0.1, 0.15) is 28.9 Å². The molecule has 6 heteroatoms. The molecular weight excluding hydrogens is 280 g/mol. The number of aryl methyl sites for hydroxylation is 1. The number of nitrogens with zero attached hydrogens (tertiary/aromatic N) is 4. The lowest BCUT2D eigenvalue weighted by Gasteiger charge is -2.34. The second-order valence-corrected chi connectivity index (χ2v) is 6.38. The first-order valence-corrected chi connectivity index (χ1v) is 7.94. The van der Waals surface area contributed by atoms with Crippen molar-refractivity contribution in [1.29, 1.82) is 0 Å². The predicted octanol–water partition coefficient (Wildman–Crippen LogP) is 1.70. The number of carbonyl (C=O) groups is 1. The maximum atomic E-state index is 12.6. The molecule has 1 saturated carbocycles. The molecule has 0 unspecified atom stereocenters. The standard InChI is InChI=1S/C16H20N4O2/c1-11-14-8-13(9-17-15(14)22-18-11)16(21)20-6-4-19(5-7-20)10-12-2-3-12/h8-9,12H,2-7,10H2,1H3. The van der Waals surface area contributed by atoms with E-state index in [1.807, 2.05) is 17.9 Å². The largest absolute Gasteiger partial charge is 0.336 e. The van der Waals surface area contributed by atoms with Gasteiger partial charge in [0.05, 0.1) is 16.6 Å². The number of hydrogen-bond donors (Lipinski definition) is 0. The van der Waals surface area contributed by atoms with Crippen molar-refractivity contribution in [3.05, 3.63) is 23.5 Å². The third-order valence-electron chi connectivity index (χ3n) is 4.63. The Balaban J connectivity index is 1.45. The van der Waals surface area contributed by atoms with E-state index < -0.39 is 0 Å². The zero-order valence-electron chi connectivity index (χ0n) is 12.8. The van der Waals surface area contributed by atoms with E-state index in [0.29, 0.717) is 11.3 Å². The molecule has 6 nitrogen and oxygen atoms in total. The van der Waals surface area contributed by atoms with Crippen LogP contribution in [0.25, 0.3) is 11.1 Å². The van der Waals surface area contributed by atoms with Crippen molar-refractivity contribution in [3.63, 3.8) is 0 Å². The highest BCUT2D eigenvalue weighted by molar-refractivity contribution is 5.97. The van der Waals surface area contributed by atoms with Crippen LogP contribution in [0.15, 0.2) is 16.8 Å². The van der Waals surface area contributed by atoms with E-state index in [2.05, 4.69) is 15.0 Å². The summed E-state index contributed by atoms with van der Waals surface area (Å²) in [6.45, 7) is 6.61. The number of aromatic nitrogens is 2. The van der Waals surface area contributed by atoms with E-state index in [1.165, 1.54) is 19.4 Å². The minimum Gasteiger partial charge on any atom is -0.336 e. The second kappa shape index (κ2) is 5.35. The van der Waals surface area contributed by atoms with Crippen molar-refractivity contribution in [1.82, 2.24) is 19.9 Å². The molecule has 2 aliphatic rings. The lowest BCUT2D eigenvalue weighted by Crippen LogP contribution is -2.49. The molecule has 2 aromatic rings. The summed E-state index contributed by atoms with van der Waals surface area (Å²) in [7, 11) is 0. The number of amides is 1. The van der Waals surface area contributed by atoms with Gasteiger partial charge in [0.1, 0.15) is 0 Å². The minimum absolute atomic E-state index is 0.0565.